The molecule has 0 saturated heterocycles. The van der Waals surface area contributed by atoms with E-state index in [4.69, 9.17) is 11.6 Å². The first kappa shape index (κ1) is 19.2. The van der Waals surface area contributed by atoms with Crippen LogP contribution >= 0.6 is 46.9 Å². The van der Waals surface area contributed by atoms with Gasteiger partial charge in [0.1, 0.15) is 5.01 Å². The maximum absolute atomic E-state index is 6.13. The second kappa shape index (κ2) is 10.0. The van der Waals surface area contributed by atoms with Crippen LogP contribution in [0.2, 0.25) is 5.02 Å². The van der Waals surface area contributed by atoms with Crippen LogP contribution in [0.5, 0.6) is 0 Å². The molecule has 0 aliphatic carbocycles. The van der Waals surface area contributed by atoms with E-state index in [1.807, 2.05) is 30.5 Å². The Morgan fingerprint density at radius 3 is 2.64 bits per heavy atom. The summed E-state index contributed by atoms with van der Waals surface area (Å²) in [5, 5.41) is 8.33. The predicted molar refractivity (Wildman–Crippen MR) is 105 cm³/mol. The Kier molecular flexibility index (Phi) is 8.74. The van der Waals surface area contributed by atoms with Crippen LogP contribution in [0.15, 0.2) is 35.5 Å². The van der Waals surface area contributed by atoms with E-state index in [1.165, 1.54) is 4.88 Å². The summed E-state index contributed by atoms with van der Waals surface area (Å²) in [4.78, 5) is 9.88. The van der Waals surface area contributed by atoms with E-state index < -0.39 is 0 Å². The van der Waals surface area contributed by atoms with Crippen LogP contribution in [-0.4, -0.2) is 18.0 Å². The van der Waals surface area contributed by atoms with Crippen LogP contribution in [-0.2, 0) is 19.5 Å². The lowest BCUT2D eigenvalue weighted by Gasteiger charge is -2.11. The second-order valence-corrected chi connectivity index (χ2v) is 6.05. The minimum absolute atomic E-state index is 0. The number of guanidine groups is 1. The van der Waals surface area contributed by atoms with Crippen LogP contribution in [0.3, 0.4) is 0 Å². The first-order valence-corrected chi connectivity index (χ1v) is 8.04. The van der Waals surface area contributed by atoms with Crippen molar-refractivity contribution >= 4 is 52.9 Å². The molecule has 2 rings (SSSR count). The highest BCUT2D eigenvalue weighted by Crippen LogP contribution is 2.14. The Morgan fingerprint density at radius 2 is 2.00 bits per heavy atom. The summed E-state index contributed by atoms with van der Waals surface area (Å²) in [6.45, 7) is 3.44. The first-order valence-electron chi connectivity index (χ1n) is 6.84. The van der Waals surface area contributed by atoms with Gasteiger partial charge in [-0.15, -0.1) is 35.3 Å². The lowest BCUT2D eigenvalue weighted by Crippen LogP contribution is -2.36. The van der Waals surface area contributed by atoms with E-state index in [0.717, 1.165) is 28.0 Å². The number of halogens is 2. The number of aliphatic imine (C=N–C) groups is 1. The number of aromatic nitrogens is 1. The quantitative estimate of drug-likeness (QED) is 0.413. The number of nitrogens with one attached hydrogen (secondary N) is 2. The fourth-order valence-corrected chi connectivity index (χ4v) is 2.80. The van der Waals surface area contributed by atoms with Crippen LogP contribution in [0.4, 0.5) is 0 Å². The number of hydrogen-bond acceptors (Lipinski definition) is 3. The first-order chi connectivity index (χ1) is 10.2. The molecule has 120 valence electrons. The van der Waals surface area contributed by atoms with Crippen LogP contribution in [0, 0.1) is 0 Å². The average Bonchev–Trinajstić information content (AvgIpc) is 2.97. The minimum atomic E-state index is 0. The molecule has 0 fully saturated rings. The van der Waals surface area contributed by atoms with Crippen molar-refractivity contribution in [3.8, 4) is 0 Å². The summed E-state index contributed by atoms with van der Waals surface area (Å²) in [5.74, 6) is 0.739. The lowest BCUT2D eigenvalue weighted by molar-refractivity contribution is 0.805. The normalized spacial score (nSPS) is 11.0. The Bertz CT molecular complexity index is 615. The molecule has 0 unspecified atom stereocenters. The molecular weight excluding hydrogens is 431 g/mol. The van der Waals surface area contributed by atoms with Gasteiger partial charge in [-0.05, 0) is 18.1 Å². The number of hydrogen-bond donors (Lipinski definition) is 2. The maximum Gasteiger partial charge on any atom is 0.191 e. The minimum Gasteiger partial charge on any atom is -0.352 e. The van der Waals surface area contributed by atoms with Crippen molar-refractivity contribution in [2.45, 2.75) is 26.4 Å². The Labute approximate surface area is 157 Å². The van der Waals surface area contributed by atoms with E-state index in [1.54, 1.807) is 18.4 Å². The molecule has 2 aromatic rings. The molecule has 0 aliphatic rings. The standard InChI is InChI=1S/C15H19ClN4S.HI/c1-3-12-9-18-14(21-12)10-20-15(17-2)19-8-11-6-4-5-7-13(11)16;/h4-7,9H,3,8,10H2,1-2H3,(H2,17,19,20);1H. The number of nitrogens with zero attached hydrogens (tertiary/aromatic N) is 2. The third-order valence-electron chi connectivity index (χ3n) is 2.98. The zero-order chi connectivity index (χ0) is 15.1. The highest BCUT2D eigenvalue weighted by molar-refractivity contribution is 14.0. The maximum atomic E-state index is 6.13. The molecule has 0 atom stereocenters. The SMILES string of the molecule is CCc1cnc(CNC(=NC)NCc2ccccc2Cl)s1.I. The van der Waals surface area contributed by atoms with Crippen LogP contribution in [0.1, 0.15) is 22.4 Å². The molecule has 0 saturated carbocycles. The largest absolute Gasteiger partial charge is 0.352 e. The van der Waals surface area contributed by atoms with Crippen molar-refractivity contribution in [2.75, 3.05) is 7.05 Å². The van der Waals surface area contributed by atoms with Gasteiger partial charge in [-0.1, -0.05) is 36.7 Å². The van der Waals surface area contributed by atoms with Crippen LogP contribution < -0.4 is 10.6 Å². The lowest BCUT2D eigenvalue weighted by atomic mass is 10.2. The van der Waals surface area contributed by atoms with Gasteiger partial charge in [-0.3, -0.25) is 4.99 Å². The monoisotopic (exact) mass is 450 g/mol. The van der Waals surface area contributed by atoms with Crippen molar-refractivity contribution in [2.24, 2.45) is 4.99 Å². The molecule has 1 heterocycles. The summed E-state index contributed by atoms with van der Waals surface area (Å²) >= 11 is 7.86. The fourth-order valence-electron chi connectivity index (χ4n) is 1.79. The van der Waals surface area contributed by atoms with Crippen molar-refractivity contribution in [3.63, 3.8) is 0 Å². The summed E-state index contributed by atoms with van der Waals surface area (Å²) in [5.41, 5.74) is 1.05. The third kappa shape index (κ3) is 5.73. The molecule has 2 N–H and O–H groups in total. The van der Waals surface area contributed by atoms with E-state index in [9.17, 15) is 0 Å². The van der Waals surface area contributed by atoms with Gasteiger partial charge in [0, 0.05) is 29.7 Å². The van der Waals surface area contributed by atoms with Gasteiger partial charge in [-0.25, -0.2) is 4.98 Å². The predicted octanol–water partition coefficient (Wildman–Crippen LogP) is 3.84. The number of thiazole rings is 1. The van der Waals surface area contributed by atoms with Crippen molar-refractivity contribution in [1.29, 1.82) is 0 Å². The Hall–Kier alpha value is -0.860. The Morgan fingerprint density at radius 1 is 1.27 bits per heavy atom. The zero-order valence-corrected chi connectivity index (χ0v) is 16.5. The molecule has 1 aromatic carbocycles. The van der Waals surface area contributed by atoms with Crippen molar-refractivity contribution in [3.05, 3.63) is 50.9 Å². The van der Waals surface area contributed by atoms with E-state index in [2.05, 4.69) is 27.5 Å². The molecule has 0 bridgehead atoms. The van der Waals surface area contributed by atoms with Crippen molar-refractivity contribution in [1.82, 2.24) is 15.6 Å². The zero-order valence-electron chi connectivity index (χ0n) is 12.6. The molecule has 0 radical (unpaired) electrons. The average molecular weight is 451 g/mol. The third-order valence-corrected chi connectivity index (χ3v) is 4.50. The van der Waals surface area contributed by atoms with Gasteiger partial charge in [0.05, 0.1) is 6.54 Å². The van der Waals surface area contributed by atoms with Gasteiger partial charge in [-0.2, -0.15) is 0 Å². The van der Waals surface area contributed by atoms with Gasteiger partial charge >= 0.3 is 0 Å². The molecule has 4 nitrogen and oxygen atoms in total. The molecule has 7 heteroatoms. The summed E-state index contributed by atoms with van der Waals surface area (Å²) in [7, 11) is 1.75. The topological polar surface area (TPSA) is 49.3 Å². The summed E-state index contributed by atoms with van der Waals surface area (Å²) in [6.07, 6.45) is 2.96. The van der Waals surface area contributed by atoms with E-state index in [-0.39, 0.29) is 24.0 Å². The molecular formula is C15H20ClIN4S. The second-order valence-electron chi connectivity index (χ2n) is 4.44. The van der Waals surface area contributed by atoms with Gasteiger partial charge in [0.15, 0.2) is 5.96 Å². The molecule has 0 aliphatic heterocycles. The molecule has 22 heavy (non-hydrogen) atoms. The van der Waals surface area contributed by atoms with Gasteiger partial charge < -0.3 is 10.6 Å². The van der Waals surface area contributed by atoms with E-state index >= 15 is 0 Å². The molecule has 1 aromatic heterocycles. The van der Waals surface area contributed by atoms with Gasteiger partial charge in [0.25, 0.3) is 0 Å². The number of aryl methyl sites for hydroxylation is 1. The fraction of sp³-hybridized carbons (Fsp3) is 0.333. The Balaban J connectivity index is 0.00000242. The number of rotatable bonds is 5. The van der Waals surface area contributed by atoms with Crippen LogP contribution in [0.25, 0.3) is 0 Å². The molecule has 0 spiro atoms. The van der Waals surface area contributed by atoms with Crippen molar-refractivity contribution < 1.29 is 0 Å². The summed E-state index contributed by atoms with van der Waals surface area (Å²) in [6, 6.07) is 7.78. The smallest absolute Gasteiger partial charge is 0.191 e. The summed E-state index contributed by atoms with van der Waals surface area (Å²) < 4.78 is 0. The molecule has 0 amide bonds. The highest BCUT2D eigenvalue weighted by Gasteiger charge is 2.04. The highest BCUT2D eigenvalue weighted by atomic mass is 127. The number of benzene rings is 1. The van der Waals surface area contributed by atoms with E-state index in [0.29, 0.717) is 13.1 Å². The van der Waals surface area contributed by atoms with Gasteiger partial charge in [0.2, 0.25) is 0 Å².